The highest BCUT2D eigenvalue weighted by Crippen LogP contribution is 2.19. The van der Waals surface area contributed by atoms with E-state index in [0.29, 0.717) is 5.75 Å². The molecule has 0 heterocycles. The molecule has 0 aromatic heterocycles. The van der Waals surface area contributed by atoms with Crippen LogP contribution in [0.2, 0.25) is 0 Å². The largest absolute Gasteiger partial charge is 0.485 e. The van der Waals surface area contributed by atoms with Crippen LogP contribution in [0.25, 0.3) is 0 Å². The predicted octanol–water partition coefficient (Wildman–Crippen LogP) is 4.64. The second-order valence-electron chi connectivity index (χ2n) is 4.92. The number of ether oxygens (including phenoxy) is 1. The van der Waals surface area contributed by atoms with Crippen LogP contribution in [-0.2, 0) is 0 Å². The van der Waals surface area contributed by atoms with Crippen LogP contribution in [-0.4, -0.2) is 12.4 Å². The first-order valence-corrected chi connectivity index (χ1v) is 7.26. The first kappa shape index (κ1) is 14.8. The van der Waals surface area contributed by atoms with Gasteiger partial charge < -0.3 is 4.74 Å². The summed E-state index contributed by atoms with van der Waals surface area (Å²) >= 11 is 3.38. The highest BCUT2D eigenvalue weighted by Gasteiger charge is 2.11. The van der Waals surface area contributed by atoms with Crippen LogP contribution in [0.1, 0.15) is 27.0 Å². The lowest BCUT2D eigenvalue weighted by atomic mass is 9.98. The molecule has 20 heavy (non-hydrogen) atoms. The first-order valence-electron chi connectivity index (χ1n) is 6.47. The average molecular weight is 333 g/mol. The van der Waals surface area contributed by atoms with Crippen molar-refractivity contribution in [2.45, 2.75) is 20.8 Å². The van der Waals surface area contributed by atoms with Gasteiger partial charge in [0.05, 0.1) is 0 Å². The molecule has 0 bridgehead atoms. The normalized spacial score (nSPS) is 10.4. The van der Waals surface area contributed by atoms with Crippen LogP contribution in [0.5, 0.6) is 5.75 Å². The minimum atomic E-state index is 0.00516. The van der Waals surface area contributed by atoms with Gasteiger partial charge in [0.25, 0.3) is 0 Å². The number of aryl methyl sites for hydroxylation is 3. The third kappa shape index (κ3) is 3.48. The van der Waals surface area contributed by atoms with Crippen molar-refractivity contribution in [2.75, 3.05) is 6.61 Å². The summed E-state index contributed by atoms with van der Waals surface area (Å²) in [5.74, 6) is 0.694. The molecule has 2 nitrogen and oxygen atoms in total. The Labute approximate surface area is 127 Å². The molecular formula is C17H17BrO2. The van der Waals surface area contributed by atoms with Gasteiger partial charge in [0.1, 0.15) is 5.75 Å². The van der Waals surface area contributed by atoms with Crippen LogP contribution >= 0.6 is 15.9 Å². The summed E-state index contributed by atoms with van der Waals surface area (Å²) in [6.45, 7) is 6.08. The van der Waals surface area contributed by atoms with Crippen molar-refractivity contribution >= 4 is 21.7 Å². The number of hydrogen-bond donors (Lipinski definition) is 0. The Morgan fingerprint density at radius 3 is 2.45 bits per heavy atom. The minimum Gasteiger partial charge on any atom is -0.485 e. The highest BCUT2D eigenvalue weighted by molar-refractivity contribution is 9.10. The summed E-state index contributed by atoms with van der Waals surface area (Å²) in [7, 11) is 0. The van der Waals surface area contributed by atoms with Crippen molar-refractivity contribution in [1.82, 2.24) is 0 Å². The maximum absolute atomic E-state index is 12.3. The van der Waals surface area contributed by atoms with Crippen molar-refractivity contribution in [3.05, 3.63) is 63.1 Å². The number of benzene rings is 2. The van der Waals surface area contributed by atoms with Gasteiger partial charge in [-0.1, -0.05) is 28.1 Å². The van der Waals surface area contributed by atoms with Gasteiger partial charge in [0.2, 0.25) is 0 Å². The minimum absolute atomic E-state index is 0.00516. The fraction of sp³-hybridized carbons (Fsp3) is 0.235. The van der Waals surface area contributed by atoms with E-state index in [0.717, 1.165) is 21.2 Å². The molecule has 0 aliphatic carbocycles. The summed E-state index contributed by atoms with van der Waals surface area (Å²) in [6.07, 6.45) is 0. The van der Waals surface area contributed by atoms with Gasteiger partial charge in [0.15, 0.2) is 12.4 Å². The topological polar surface area (TPSA) is 26.3 Å². The SMILES string of the molecule is Cc1cc(C)c(C(=O)COc2cccc(Br)c2)cc1C. The van der Waals surface area contributed by atoms with E-state index in [4.69, 9.17) is 4.74 Å². The second kappa shape index (κ2) is 6.23. The monoisotopic (exact) mass is 332 g/mol. The Hall–Kier alpha value is -1.61. The number of ketones is 1. The molecule has 0 radical (unpaired) electrons. The standard InChI is InChI=1S/C17H17BrO2/c1-11-7-13(3)16(8-12(11)2)17(19)10-20-15-6-4-5-14(18)9-15/h4-9H,10H2,1-3H3. The van der Waals surface area contributed by atoms with Crippen molar-refractivity contribution in [1.29, 1.82) is 0 Å². The van der Waals surface area contributed by atoms with Gasteiger partial charge in [-0.25, -0.2) is 0 Å². The molecule has 0 saturated heterocycles. The van der Waals surface area contributed by atoms with E-state index < -0.39 is 0 Å². The summed E-state index contributed by atoms with van der Waals surface area (Å²) in [4.78, 5) is 12.3. The van der Waals surface area contributed by atoms with Crippen LogP contribution in [0.15, 0.2) is 40.9 Å². The molecule has 3 heteroatoms. The lowest BCUT2D eigenvalue weighted by Gasteiger charge is -2.10. The van der Waals surface area contributed by atoms with Gasteiger partial charge in [0, 0.05) is 10.0 Å². The molecule has 2 aromatic carbocycles. The fourth-order valence-corrected chi connectivity index (χ4v) is 2.42. The lowest BCUT2D eigenvalue weighted by Crippen LogP contribution is -2.13. The Balaban J connectivity index is 2.11. The number of carbonyl (C=O) groups is 1. The summed E-state index contributed by atoms with van der Waals surface area (Å²) in [6, 6.07) is 11.5. The number of hydrogen-bond acceptors (Lipinski definition) is 2. The molecule has 104 valence electrons. The van der Waals surface area contributed by atoms with E-state index in [1.165, 1.54) is 5.56 Å². The Morgan fingerprint density at radius 2 is 1.75 bits per heavy atom. The smallest absolute Gasteiger partial charge is 0.200 e. The third-order valence-corrected chi connectivity index (χ3v) is 3.80. The third-order valence-electron chi connectivity index (χ3n) is 3.31. The molecule has 2 rings (SSSR count). The molecule has 0 unspecified atom stereocenters. The highest BCUT2D eigenvalue weighted by atomic mass is 79.9. The Kier molecular flexibility index (Phi) is 4.61. The van der Waals surface area contributed by atoms with Crippen LogP contribution in [0.3, 0.4) is 0 Å². The Bertz CT molecular complexity index is 647. The number of carbonyl (C=O) groups excluding carboxylic acids is 1. The average Bonchev–Trinajstić information content (AvgIpc) is 2.40. The molecule has 0 aliphatic heterocycles. The van der Waals surface area contributed by atoms with Gasteiger partial charge in [-0.05, 0) is 61.7 Å². The van der Waals surface area contributed by atoms with E-state index in [1.54, 1.807) is 0 Å². The van der Waals surface area contributed by atoms with Gasteiger partial charge in [-0.15, -0.1) is 0 Å². The van der Waals surface area contributed by atoms with E-state index in [2.05, 4.69) is 22.9 Å². The predicted molar refractivity (Wildman–Crippen MR) is 84.6 cm³/mol. The maximum Gasteiger partial charge on any atom is 0.200 e. The molecule has 0 aliphatic rings. The van der Waals surface area contributed by atoms with E-state index in [9.17, 15) is 4.79 Å². The molecule has 0 spiro atoms. The van der Waals surface area contributed by atoms with Gasteiger partial charge >= 0.3 is 0 Å². The molecule has 0 atom stereocenters. The lowest BCUT2D eigenvalue weighted by molar-refractivity contribution is 0.0921. The summed E-state index contributed by atoms with van der Waals surface area (Å²) < 4.78 is 6.48. The molecule has 0 N–H and O–H groups in total. The quantitative estimate of drug-likeness (QED) is 0.762. The summed E-state index contributed by atoms with van der Waals surface area (Å²) in [5.41, 5.74) is 4.06. The van der Waals surface area contributed by atoms with Gasteiger partial charge in [-0.3, -0.25) is 4.79 Å². The fourth-order valence-electron chi connectivity index (χ4n) is 2.04. The zero-order valence-electron chi connectivity index (χ0n) is 11.9. The molecule has 2 aromatic rings. The van der Waals surface area contributed by atoms with Gasteiger partial charge in [-0.2, -0.15) is 0 Å². The van der Waals surface area contributed by atoms with Crippen molar-refractivity contribution in [2.24, 2.45) is 0 Å². The maximum atomic E-state index is 12.3. The zero-order valence-corrected chi connectivity index (χ0v) is 13.5. The molecule has 0 saturated carbocycles. The summed E-state index contributed by atoms with van der Waals surface area (Å²) in [5, 5.41) is 0. The molecule has 0 amide bonds. The molecule has 0 fully saturated rings. The second-order valence-corrected chi connectivity index (χ2v) is 5.84. The number of halogens is 1. The first-order chi connectivity index (χ1) is 9.47. The van der Waals surface area contributed by atoms with Crippen molar-refractivity contribution in [3.8, 4) is 5.75 Å². The van der Waals surface area contributed by atoms with E-state index >= 15 is 0 Å². The number of Topliss-reactive ketones (excluding diaryl/α,β-unsaturated/α-hetero) is 1. The van der Waals surface area contributed by atoms with E-state index in [-0.39, 0.29) is 12.4 Å². The van der Waals surface area contributed by atoms with Crippen LogP contribution in [0, 0.1) is 20.8 Å². The van der Waals surface area contributed by atoms with E-state index in [1.807, 2.05) is 50.2 Å². The van der Waals surface area contributed by atoms with Crippen LogP contribution in [0.4, 0.5) is 0 Å². The van der Waals surface area contributed by atoms with Crippen molar-refractivity contribution in [3.63, 3.8) is 0 Å². The molecular weight excluding hydrogens is 316 g/mol. The van der Waals surface area contributed by atoms with Crippen molar-refractivity contribution < 1.29 is 9.53 Å². The number of rotatable bonds is 4. The van der Waals surface area contributed by atoms with Crippen LogP contribution < -0.4 is 4.74 Å². The zero-order chi connectivity index (χ0) is 14.7. The Morgan fingerprint density at radius 1 is 1.05 bits per heavy atom.